The third kappa shape index (κ3) is 3.12. The van der Waals surface area contributed by atoms with Crippen LogP contribution in [0.5, 0.6) is 5.75 Å². The van der Waals surface area contributed by atoms with Crippen LogP contribution in [0.4, 0.5) is 0 Å². The lowest BCUT2D eigenvalue weighted by atomic mass is 10.1. The quantitative estimate of drug-likeness (QED) is 0.764. The van der Waals surface area contributed by atoms with Crippen LogP contribution in [0.1, 0.15) is 32.1 Å². The molecule has 7 heteroatoms. The minimum Gasteiger partial charge on any atom is -0.497 e. The fraction of sp³-hybridized carbons (Fsp3) is 0.368. The Kier molecular flexibility index (Phi) is 4.06. The number of amides is 1. The van der Waals surface area contributed by atoms with Gasteiger partial charge in [-0.05, 0) is 43.5 Å². The van der Waals surface area contributed by atoms with Gasteiger partial charge in [0.25, 0.3) is 0 Å². The van der Waals surface area contributed by atoms with Crippen molar-refractivity contribution in [1.29, 1.82) is 0 Å². The number of fused-ring (bicyclic) bond motifs is 1. The number of benzene rings is 1. The maximum atomic E-state index is 12.1. The summed E-state index contributed by atoms with van der Waals surface area (Å²) in [6.45, 7) is 3.99. The average molecular weight is 351 g/mol. The highest BCUT2D eigenvalue weighted by Crippen LogP contribution is 2.38. The minimum atomic E-state index is -0.236. The Morgan fingerprint density at radius 3 is 2.73 bits per heavy atom. The fourth-order valence-electron chi connectivity index (χ4n) is 2.99. The third-order valence-corrected chi connectivity index (χ3v) is 4.82. The number of hydrogen-bond acceptors (Lipinski definition) is 5. The van der Waals surface area contributed by atoms with E-state index in [2.05, 4.69) is 27.3 Å². The molecule has 2 aromatic heterocycles. The summed E-state index contributed by atoms with van der Waals surface area (Å²) in [5.41, 5.74) is 2.48. The number of carbonyl (C=O) groups excluding carboxylic acids is 1. The summed E-state index contributed by atoms with van der Waals surface area (Å²) in [5.74, 6) is 2.08. The molecule has 1 aliphatic rings. The molecule has 0 aliphatic heterocycles. The number of rotatable bonds is 5. The van der Waals surface area contributed by atoms with Crippen LogP contribution in [0, 0.1) is 11.8 Å². The van der Waals surface area contributed by atoms with Gasteiger partial charge < -0.3 is 10.1 Å². The number of nitrogens with one attached hydrogen (secondary N) is 1. The largest absolute Gasteiger partial charge is 0.497 e. The van der Waals surface area contributed by atoms with Crippen molar-refractivity contribution in [2.45, 2.75) is 26.3 Å². The third-order valence-electron chi connectivity index (χ3n) is 4.82. The predicted octanol–water partition coefficient (Wildman–Crippen LogP) is 2.63. The van der Waals surface area contributed by atoms with Crippen molar-refractivity contribution < 1.29 is 9.53 Å². The lowest BCUT2D eigenvalue weighted by Crippen LogP contribution is -2.29. The number of hydrogen-bond donors (Lipinski definition) is 1. The van der Waals surface area contributed by atoms with E-state index >= 15 is 0 Å². The summed E-state index contributed by atoms with van der Waals surface area (Å²) in [5, 5.41) is 7.43. The molecule has 0 saturated heterocycles. The van der Waals surface area contributed by atoms with Crippen LogP contribution in [0.25, 0.3) is 16.9 Å². The molecule has 134 valence electrons. The standard InChI is InChI=1S/C19H21N5O2/c1-11-8-15(11)19(25)21-12(2)18-22-17-9-16(20-10-24(17)23-18)13-4-6-14(26-3)7-5-13/h4-7,9-12,15H,8H2,1-3H3,(H,21,25)/t11-,12-,15+/m1/s1. The second kappa shape index (κ2) is 6.40. The van der Waals surface area contributed by atoms with Gasteiger partial charge in [-0.25, -0.2) is 14.5 Å². The lowest BCUT2D eigenvalue weighted by molar-refractivity contribution is -0.123. The van der Waals surface area contributed by atoms with E-state index in [4.69, 9.17) is 4.74 Å². The highest BCUT2D eigenvalue weighted by molar-refractivity contribution is 5.81. The van der Waals surface area contributed by atoms with Crippen molar-refractivity contribution in [3.05, 3.63) is 42.5 Å². The monoisotopic (exact) mass is 351 g/mol. The van der Waals surface area contributed by atoms with Crippen molar-refractivity contribution in [2.24, 2.45) is 11.8 Å². The zero-order chi connectivity index (χ0) is 18.3. The van der Waals surface area contributed by atoms with Crippen LogP contribution < -0.4 is 10.1 Å². The number of methoxy groups -OCH3 is 1. The first-order valence-corrected chi connectivity index (χ1v) is 8.72. The van der Waals surface area contributed by atoms with E-state index in [1.165, 1.54) is 0 Å². The molecule has 1 N–H and O–H groups in total. The molecule has 1 saturated carbocycles. The molecule has 0 spiro atoms. The summed E-state index contributed by atoms with van der Waals surface area (Å²) >= 11 is 0. The van der Waals surface area contributed by atoms with E-state index in [1.807, 2.05) is 37.3 Å². The first kappa shape index (κ1) is 16.5. The number of aromatic nitrogens is 4. The summed E-state index contributed by atoms with van der Waals surface area (Å²) in [6, 6.07) is 9.35. The Bertz CT molecular complexity index is 950. The van der Waals surface area contributed by atoms with Gasteiger partial charge in [-0.15, -0.1) is 5.10 Å². The van der Waals surface area contributed by atoms with E-state index in [9.17, 15) is 4.79 Å². The fourth-order valence-corrected chi connectivity index (χ4v) is 2.99. The Hall–Kier alpha value is -2.96. The summed E-state index contributed by atoms with van der Waals surface area (Å²) in [6.07, 6.45) is 2.61. The number of nitrogens with zero attached hydrogens (tertiary/aromatic N) is 4. The maximum Gasteiger partial charge on any atom is 0.223 e. The van der Waals surface area contributed by atoms with Gasteiger partial charge in [0.2, 0.25) is 5.91 Å². The minimum absolute atomic E-state index is 0.0842. The van der Waals surface area contributed by atoms with Crippen LogP contribution in [-0.4, -0.2) is 32.6 Å². The van der Waals surface area contributed by atoms with E-state index in [0.29, 0.717) is 17.4 Å². The van der Waals surface area contributed by atoms with Gasteiger partial charge in [-0.3, -0.25) is 4.79 Å². The first-order valence-electron chi connectivity index (χ1n) is 8.72. The van der Waals surface area contributed by atoms with Gasteiger partial charge in [0.1, 0.15) is 12.1 Å². The molecular formula is C19H21N5O2. The van der Waals surface area contributed by atoms with Gasteiger partial charge in [0, 0.05) is 17.5 Å². The smallest absolute Gasteiger partial charge is 0.223 e. The van der Waals surface area contributed by atoms with E-state index in [0.717, 1.165) is 23.4 Å². The van der Waals surface area contributed by atoms with Crippen LogP contribution in [0.15, 0.2) is 36.7 Å². The van der Waals surface area contributed by atoms with E-state index < -0.39 is 0 Å². The molecule has 26 heavy (non-hydrogen) atoms. The molecule has 0 unspecified atom stereocenters. The Morgan fingerprint density at radius 2 is 2.08 bits per heavy atom. The lowest BCUT2D eigenvalue weighted by Gasteiger charge is -2.09. The topological polar surface area (TPSA) is 81.4 Å². The van der Waals surface area contributed by atoms with Crippen LogP contribution >= 0.6 is 0 Å². The zero-order valence-corrected chi connectivity index (χ0v) is 15.0. The zero-order valence-electron chi connectivity index (χ0n) is 15.0. The molecule has 2 heterocycles. The molecule has 1 aliphatic carbocycles. The average Bonchev–Trinajstić information content (AvgIpc) is 3.24. The predicted molar refractivity (Wildman–Crippen MR) is 96.6 cm³/mol. The second-order valence-electron chi connectivity index (χ2n) is 6.83. The Labute approximate surface area is 151 Å². The normalized spacial score (nSPS) is 20.0. The molecular weight excluding hydrogens is 330 g/mol. The molecule has 7 nitrogen and oxygen atoms in total. The molecule has 1 fully saturated rings. The molecule has 0 bridgehead atoms. The van der Waals surface area contributed by atoms with Gasteiger partial charge in [0.15, 0.2) is 11.5 Å². The maximum absolute atomic E-state index is 12.1. The highest BCUT2D eigenvalue weighted by atomic mass is 16.5. The van der Waals surface area contributed by atoms with Crippen molar-refractivity contribution in [3.63, 3.8) is 0 Å². The van der Waals surface area contributed by atoms with Gasteiger partial charge in [-0.1, -0.05) is 6.92 Å². The summed E-state index contributed by atoms with van der Waals surface area (Å²) < 4.78 is 6.81. The van der Waals surface area contributed by atoms with Crippen molar-refractivity contribution in [1.82, 2.24) is 24.9 Å². The van der Waals surface area contributed by atoms with E-state index in [1.54, 1.807) is 18.0 Å². The van der Waals surface area contributed by atoms with Gasteiger partial charge in [0.05, 0.1) is 18.8 Å². The SMILES string of the molecule is COc1ccc(-c2cc3nc([C@@H](C)NC(=O)[C@H]4C[C@H]4C)nn3cn2)cc1. The van der Waals surface area contributed by atoms with Crippen LogP contribution in [0.2, 0.25) is 0 Å². The number of carbonyl (C=O) groups is 1. The van der Waals surface area contributed by atoms with Crippen molar-refractivity contribution in [3.8, 4) is 17.0 Å². The van der Waals surface area contributed by atoms with Crippen LogP contribution in [-0.2, 0) is 4.79 Å². The molecule has 1 aromatic carbocycles. The van der Waals surface area contributed by atoms with E-state index in [-0.39, 0.29) is 17.9 Å². The van der Waals surface area contributed by atoms with Crippen molar-refractivity contribution in [2.75, 3.05) is 7.11 Å². The molecule has 3 atom stereocenters. The molecule has 0 radical (unpaired) electrons. The van der Waals surface area contributed by atoms with Crippen LogP contribution in [0.3, 0.4) is 0 Å². The molecule has 1 amide bonds. The van der Waals surface area contributed by atoms with Gasteiger partial charge in [-0.2, -0.15) is 0 Å². The summed E-state index contributed by atoms with van der Waals surface area (Å²) in [4.78, 5) is 21.1. The number of ether oxygens (including phenoxy) is 1. The second-order valence-corrected chi connectivity index (χ2v) is 6.83. The Balaban J connectivity index is 1.55. The molecule has 4 rings (SSSR count). The Morgan fingerprint density at radius 1 is 1.35 bits per heavy atom. The highest BCUT2D eigenvalue weighted by Gasteiger charge is 2.39. The van der Waals surface area contributed by atoms with Crippen molar-refractivity contribution >= 4 is 11.6 Å². The first-order chi connectivity index (χ1) is 12.5. The molecule has 3 aromatic rings. The summed E-state index contributed by atoms with van der Waals surface area (Å²) in [7, 11) is 1.64. The van der Waals surface area contributed by atoms with Gasteiger partial charge >= 0.3 is 0 Å².